The van der Waals surface area contributed by atoms with Gasteiger partial charge >= 0.3 is 10.3 Å². The average Bonchev–Trinajstić information content (AvgIpc) is 2.58. The predicted molar refractivity (Wildman–Crippen MR) is 73.0 cm³/mol. The number of carbonyl (C=O) groups is 2. The first-order valence-electron chi connectivity index (χ1n) is 5.71. The second-order valence-corrected chi connectivity index (χ2v) is 7.12. The second kappa shape index (κ2) is 5.42. The molecule has 0 saturated heterocycles. The van der Waals surface area contributed by atoms with E-state index in [4.69, 9.17) is 0 Å². The first-order chi connectivity index (χ1) is 10.1. The summed E-state index contributed by atoms with van der Waals surface area (Å²) in [6.45, 7) is 1.39. The summed E-state index contributed by atoms with van der Waals surface area (Å²) in [5, 5.41) is 0. The second-order valence-electron chi connectivity index (χ2n) is 4.19. The summed E-state index contributed by atoms with van der Waals surface area (Å²) in [5.74, 6) is -1.15. The lowest BCUT2D eigenvalue weighted by atomic mass is 10.2. The average molecular weight is 346 g/mol. The molecule has 0 aromatic heterocycles. The van der Waals surface area contributed by atoms with Crippen LogP contribution in [0.25, 0.3) is 0 Å². The van der Waals surface area contributed by atoms with E-state index in [0.717, 1.165) is 6.08 Å². The Hall–Kier alpha value is -2.40. The molecule has 0 saturated carbocycles. The van der Waals surface area contributed by atoms with E-state index in [9.17, 15) is 26.4 Å². The van der Waals surface area contributed by atoms with Crippen LogP contribution in [0, 0.1) is 0 Å². The summed E-state index contributed by atoms with van der Waals surface area (Å²) in [6, 6.07) is 6.09. The van der Waals surface area contributed by atoms with Crippen molar-refractivity contribution in [3.63, 3.8) is 0 Å². The molecule has 0 atom stereocenters. The van der Waals surface area contributed by atoms with Crippen LogP contribution in [-0.2, 0) is 29.3 Å². The number of hydrogen-bond acceptors (Lipinski definition) is 7. The van der Waals surface area contributed by atoms with Crippen LogP contribution in [0.1, 0.15) is 17.3 Å². The maximum atomic E-state index is 11.1. The van der Waals surface area contributed by atoms with Crippen molar-refractivity contribution in [3.05, 3.63) is 41.7 Å². The molecule has 0 unspecified atom stereocenters. The van der Waals surface area contributed by atoms with Gasteiger partial charge in [0.1, 0.15) is 10.7 Å². The molecule has 2 amide bonds. The number of hydrogen-bond donors (Lipinski definition) is 2. The lowest BCUT2D eigenvalue weighted by molar-refractivity contribution is -0.115. The van der Waals surface area contributed by atoms with E-state index in [1.165, 1.54) is 19.1 Å². The highest BCUT2D eigenvalue weighted by molar-refractivity contribution is 7.90. The molecule has 2 N–H and O–H groups in total. The van der Waals surface area contributed by atoms with Crippen molar-refractivity contribution in [1.82, 2.24) is 9.44 Å². The van der Waals surface area contributed by atoms with Gasteiger partial charge in [-0.25, -0.2) is 17.9 Å². The van der Waals surface area contributed by atoms with Crippen LogP contribution < -0.4 is 9.44 Å². The summed E-state index contributed by atoms with van der Waals surface area (Å²) < 4.78 is 51.0. The van der Waals surface area contributed by atoms with E-state index in [1.54, 1.807) is 16.9 Å². The summed E-state index contributed by atoms with van der Waals surface area (Å²) in [7, 11) is -7.40. The Morgan fingerprint density at radius 2 is 1.64 bits per heavy atom. The van der Waals surface area contributed by atoms with Gasteiger partial charge < -0.3 is 4.18 Å². The number of allylic oxidation sites excluding steroid dienone is 1. The van der Waals surface area contributed by atoms with Crippen molar-refractivity contribution in [3.8, 4) is 0 Å². The summed E-state index contributed by atoms with van der Waals surface area (Å²) in [6.07, 6.45) is 1.06. The van der Waals surface area contributed by atoms with Crippen molar-refractivity contribution in [1.29, 1.82) is 0 Å². The standard InChI is InChI=1S/C7H5NO3S.C4H5NO4S/c9-7-5-3-1-2-4-6(5)12(10,11)8-7;1-3-2-4(6)5-10(7,8)9-3/h1-4H,(H,8,9);2H,1H3,(H,5,6). The highest BCUT2D eigenvalue weighted by atomic mass is 32.2. The highest BCUT2D eigenvalue weighted by Gasteiger charge is 2.31. The van der Waals surface area contributed by atoms with E-state index in [1.807, 2.05) is 4.72 Å². The van der Waals surface area contributed by atoms with Crippen LogP contribution in [0.5, 0.6) is 0 Å². The number of sulfonamides is 1. The molecule has 22 heavy (non-hydrogen) atoms. The normalized spacial score (nSPS) is 20.3. The van der Waals surface area contributed by atoms with Gasteiger partial charge in [-0.2, -0.15) is 8.42 Å². The molecule has 2 aliphatic rings. The topological polar surface area (TPSA) is 136 Å². The molecule has 9 nitrogen and oxygen atoms in total. The number of benzene rings is 1. The first kappa shape index (κ1) is 16.0. The molecule has 0 bridgehead atoms. The Kier molecular flexibility index (Phi) is 3.94. The fraction of sp³-hybridized carbons (Fsp3) is 0.0909. The SMILES string of the molecule is CC1=CC(=O)NS(=O)(=O)O1.O=C1NS(=O)(=O)c2ccccc21. The van der Waals surface area contributed by atoms with Gasteiger partial charge in [-0.3, -0.25) is 9.59 Å². The third-order valence-electron chi connectivity index (χ3n) is 2.45. The van der Waals surface area contributed by atoms with Crippen molar-refractivity contribution < 1.29 is 30.6 Å². The Balaban J connectivity index is 0.000000164. The van der Waals surface area contributed by atoms with Crippen LogP contribution >= 0.6 is 0 Å². The summed E-state index contributed by atoms with van der Waals surface area (Å²) in [4.78, 5) is 21.5. The van der Waals surface area contributed by atoms with Crippen LogP contribution in [-0.4, -0.2) is 28.6 Å². The van der Waals surface area contributed by atoms with Crippen molar-refractivity contribution in [2.45, 2.75) is 11.8 Å². The van der Waals surface area contributed by atoms with Crippen LogP contribution in [0.2, 0.25) is 0 Å². The Labute approximate surface area is 126 Å². The van der Waals surface area contributed by atoms with Crippen LogP contribution in [0.3, 0.4) is 0 Å². The van der Waals surface area contributed by atoms with Gasteiger partial charge in [-0.05, 0) is 19.1 Å². The Bertz CT molecular complexity index is 885. The molecule has 0 radical (unpaired) electrons. The smallest absolute Gasteiger partial charge is 0.371 e. The zero-order valence-electron chi connectivity index (χ0n) is 11.1. The first-order valence-corrected chi connectivity index (χ1v) is 8.60. The third-order valence-corrected chi connectivity index (χ3v) is 4.77. The van der Waals surface area contributed by atoms with Crippen molar-refractivity contribution >= 4 is 32.1 Å². The minimum absolute atomic E-state index is 0.0648. The van der Waals surface area contributed by atoms with Gasteiger partial charge in [-0.1, -0.05) is 12.1 Å². The molecule has 1 aromatic carbocycles. The predicted octanol–water partition coefficient (Wildman–Crippen LogP) is -0.600. The van der Waals surface area contributed by atoms with E-state index >= 15 is 0 Å². The highest BCUT2D eigenvalue weighted by Crippen LogP contribution is 2.20. The largest absolute Gasteiger partial charge is 0.409 e. The van der Waals surface area contributed by atoms with Crippen molar-refractivity contribution in [2.75, 3.05) is 0 Å². The van der Waals surface area contributed by atoms with E-state index in [2.05, 4.69) is 4.18 Å². The number of nitrogens with one attached hydrogen (secondary N) is 2. The van der Waals surface area contributed by atoms with Crippen LogP contribution in [0.15, 0.2) is 41.0 Å². The monoisotopic (exact) mass is 346 g/mol. The maximum absolute atomic E-state index is 11.1. The third kappa shape index (κ3) is 3.43. The van der Waals surface area contributed by atoms with Crippen molar-refractivity contribution in [2.24, 2.45) is 0 Å². The number of carbonyl (C=O) groups excluding carboxylic acids is 2. The zero-order chi connectivity index (χ0) is 16.5. The van der Waals surface area contributed by atoms with Crippen LogP contribution in [0.4, 0.5) is 0 Å². The number of rotatable bonds is 0. The molecule has 1 aromatic rings. The fourth-order valence-corrected chi connectivity index (χ4v) is 3.59. The van der Waals surface area contributed by atoms with E-state index in [-0.39, 0.29) is 16.2 Å². The minimum Gasteiger partial charge on any atom is -0.371 e. The van der Waals surface area contributed by atoms with Gasteiger partial charge in [0.2, 0.25) is 0 Å². The van der Waals surface area contributed by atoms with E-state index < -0.39 is 32.1 Å². The van der Waals surface area contributed by atoms with Gasteiger partial charge in [0.15, 0.2) is 0 Å². The molecule has 2 aliphatic heterocycles. The summed E-state index contributed by atoms with van der Waals surface area (Å²) >= 11 is 0. The lowest BCUT2D eigenvalue weighted by Crippen LogP contribution is -2.34. The molecular formula is C11H10N2O7S2. The van der Waals surface area contributed by atoms with Gasteiger partial charge in [0.25, 0.3) is 21.8 Å². The molecule has 2 heterocycles. The Morgan fingerprint density at radius 3 is 2.18 bits per heavy atom. The van der Waals surface area contributed by atoms with Gasteiger partial charge in [0.05, 0.1) is 5.56 Å². The molecule has 0 aliphatic carbocycles. The van der Waals surface area contributed by atoms with Gasteiger partial charge in [0, 0.05) is 6.08 Å². The molecule has 0 spiro atoms. The lowest BCUT2D eigenvalue weighted by Gasteiger charge is -2.10. The van der Waals surface area contributed by atoms with E-state index in [0.29, 0.717) is 0 Å². The molecular weight excluding hydrogens is 336 g/mol. The molecule has 0 fully saturated rings. The minimum atomic E-state index is -3.85. The van der Waals surface area contributed by atoms with Gasteiger partial charge in [-0.15, -0.1) is 0 Å². The Morgan fingerprint density at radius 1 is 1.00 bits per heavy atom. The quantitative estimate of drug-likeness (QED) is 0.640. The fourth-order valence-electron chi connectivity index (χ4n) is 1.68. The molecule has 3 rings (SSSR count). The molecule has 11 heteroatoms. The maximum Gasteiger partial charge on any atom is 0.409 e. The summed E-state index contributed by atoms with van der Waals surface area (Å²) in [5.41, 5.74) is 0.220. The zero-order valence-corrected chi connectivity index (χ0v) is 12.7. The molecule has 118 valence electrons. The number of amides is 2. The number of fused-ring (bicyclic) bond motifs is 1.